The van der Waals surface area contributed by atoms with Crippen LogP contribution in [0.2, 0.25) is 0 Å². The van der Waals surface area contributed by atoms with Gasteiger partial charge in [0.25, 0.3) is 0 Å². The van der Waals surface area contributed by atoms with Gasteiger partial charge < -0.3 is 15.0 Å². The molecule has 3 aromatic rings. The first-order valence-corrected chi connectivity index (χ1v) is 8.12. The number of benzene rings is 1. The summed E-state index contributed by atoms with van der Waals surface area (Å²) in [6, 6.07) is 9.26. The minimum atomic E-state index is 0. The molecule has 2 aromatic heterocycles. The van der Waals surface area contributed by atoms with Crippen LogP contribution in [0.5, 0.6) is 5.75 Å². The Morgan fingerprint density at radius 3 is 2.46 bits per heavy atom. The third-order valence-electron chi connectivity index (χ3n) is 4.40. The van der Waals surface area contributed by atoms with Gasteiger partial charge in [-0.25, -0.2) is 9.97 Å². The molecule has 0 spiro atoms. The second-order valence-corrected chi connectivity index (χ2v) is 6.13. The van der Waals surface area contributed by atoms with Crippen molar-refractivity contribution in [2.75, 3.05) is 18.0 Å². The molecule has 3 heterocycles. The van der Waals surface area contributed by atoms with Crippen molar-refractivity contribution in [1.82, 2.24) is 15.0 Å². The molecule has 6 heteroatoms. The SMILES string of the molecule is Cc1nc(N2CCCCC2)c2[nH]c(-c3ccc(O)cc3)cc2n1.Cl. The highest BCUT2D eigenvalue weighted by Crippen LogP contribution is 2.30. The lowest BCUT2D eigenvalue weighted by Crippen LogP contribution is -2.30. The Balaban J connectivity index is 0.00000169. The van der Waals surface area contributed by atoms with Gasteiger partial charge in [0.15, 0.2) is 5.82 Å². The lowest BCUT2D eigenvalue weighted by Gasteiger charge is -2.28. The monoisotopic (exact) mass is 344 g/mol. The molecule has 1 saturated heterocycles. The summed E-state index contributed by atoms with van der Waals surface area (Å²) < 4.78 is 0. The normalized spacial score (nSPS) is 14.6. The van der Waals surface area contributed by atoms with E-state index in [0.29, 0.717) is 0 Å². The number of piperidine rings is 1. The van der Waals surface area contributed by atoms with E-state index in [1.54, 1.807) is 12.1 Å². The van der Waals surface area contributed by atoms with E-state index < -0.39 is 0 Å². The quantitative estimate of drug-likeness (QED) is 0.736. The highest BCUT2D eigenvalue weighted by molar-refractivity contribution is 5.91. The van der Waals surface area contributed by atoms with Crippen LogP contribution in [0.4, 0.5) is 5.82 Å². The fraction of sp³-hybridized carbons (Fsp3) is 0.333. The Hall–Kier alpha value is -2.27. The molecule has 0 atom stereocenters. The number of aromatic amines is 1. The Kier molecular flexibility index (Phi) is 4.62. The van der Waals surface area contributed by atoms with Crippen LogP contribution in [0.15, 0.2) is 30.3 Å². The molecule has 24 heavy (non-hydrogen) atoms. The topological polar surface area (TPSA) is 65.0 Å². The predicted octanol–water partition coefficient (Wildman–Crippen LogP) is 4.05. The minimum absolute atomic E-state index is 0. The molecule has 4 rings (SSSR count). The van der Waals surface area contributed by atoms with Crippen molar-refractivity contribution in [3.8, 4) is 17.0 Å². The number of rotatable bonds is 2. The number of nitrogens with one attached hydrogen (secondary N) is 1. The van der Waals surface area contributed by atoms with Crippen LogP contribution in [-0.4, -0.2) is 33.1 Å². The molecular weight excluding hydrogens is 324 g/mol. The molecule has 0 amide bonds. The molecule has 0 bridgehead atoms. The first kappa shape index (κ1) is 16.6. The number of anilines is 1. The van der Waals surface area contributed by atoms with E-state index in [9.17, 15) is 5.11 Å². The molecule has 0 radical (unpaired) electrons. The van der Waals surface area contributed by atoms with Gasteiger partial charge in [-0.2, -0.15) is 0 Å². The van der Waals surface area contributed by atoms with Gasteiger partial charge in [0, 0.05) is 18.8 Å². The number of H-pyrrole nitrogens is 1. The molecule has 0 unspecified atom stereocenters. The summed E-state index contributed by atoms with van der Waals surface area (Å²) >= 11 is 0. The zero-order chi connectivity index (χ0) is 15.8. The lowest BCUT2D eigenvalue weighted by atomic mass is 10.1. The number of fused-ring (bicyclic) bond motifs is 1. The zero-order valence-electron chi connectivity index (χ0n) is 13.6. The maximum absolute atomic E-state index is 9.45. The van der Waals surface area contributed by atoms with Crippen LogP contribution in [0.3, 0.4) is 0 Å². The van der Waals surface area contributed by atoms with Crippen LogP contribution >= 0.6 is 12.4 Å². The molecule has 1 aliphatic heterocycles. The van der Waals surface area contributed by atoms with Gasteiger partial charge in [-0.3, -0.25) is 0 Å². The number of hydrogen-bond acceptors (Lipinski definition) is 4. The van der Waals surface area contributed by atoms with E-state index in [4.69, 9.17) is 0 Å². The fourth-order valence-electron chi connectivity index (χ4n) is 3.24. The number of nitrogens with zero attached hydrogens (tertiary/aromatic N) is 3. The second-order valence-electron chi connectivity index (χ2n) is 6.13. The molecule has 0 saturated carbocycles. The molecule has 126 valence electrons. The summed E-state index contributed by atoms with van der Waals surface area (Å²) in [5, 5.41) is 9.45. The molecule has 5 nitrogen and oxygen atoms in total. The fourth-order valence-corrected chi connectivity index (χ4v) is 3.24. The lowest BCUT2D eigenvalue weighted by molar-refractivity contribution is 0.475. The van der Waals surface area contributed by atoms with Crippen LogP contribution in [0, 0.1) is 6.92 Å². The van der Waals surface area contributed by atoms with Crippen LogP contribution in [0.25, 0.3) is 22.3 Å². The molecule has 1 fully saturated rings. The molecule has 2 N–H and O–H groups in total. The number of phenolic OH excluding ortho intramolecular Hbond substituents is 1. The van der Waals surface area contributed by atoms with Crippen molar-refractivity contribution in [2.24, 2.45) is 0 Å². The Bertz CT molecular complexity index is 838. The molecule has 0 aliphatic carbocycles. The van der Waals surface area contributed by atoms with Crippen molar-refractivity contribution in [1.29, 1.82) is 0 Å². The number of aromatic nitrogens is 3. The van der Waals surface area contributed by atoms with Gasteiger partial charge in [0.1, 0.15) is 17.1 Å². The zero-order valence-corrected chi connectivity index (χ0v) is 14.4. The minimum Gasteiger partial charge on any atom is -0.508 e. The number of aryl methyl sites for hydroxylation is 1. The average molecular weight is 345 g/mol. The smallest absolute Gasteiger partial charge is 0.156 e. The summed E-state index contributed by atoms with van der Waals surface area (Å²) in [4.78, 5) is 15.1. The molecule has 1 aliphatic rings. The number of phenols is 1. The second kappa shape index (κ2) is 6.69. The van der Waals surface area contributed by atoms with E-state index in [1.807, 2.05) is 19.1 Å². The van der Waals surface area contributed by atoms with Crippen LogP contribution < -0.4 is 4.90 Å². The van der Waals surface area contributed by atoms with E-state index >= 15 is 0 Å². The van der Waals surface area contributed by atoms with E-state index in [2.05, 4.69) is 25.9 Å². The van der Waals surface area contributed by atoms with Crippen molar-refractivity contribution in [3.05, 3.63) is 36.2 Å². The van der Waals surface area contributed by atoms with E-state index in [1.165, 1.54) is 19.3 Å². The van der Waals surface area contributed by atoms with Gasteiger partial charge >= 0.3 is 0 Å². The van der Waals surface area contributed by atoms with Gasteiger partial charge in [-0.15, -0.1) is 12.4 Å². The van der Waals surface area contributed by atoms with E-state index in [-0.39, 0.29) is 18.2 Å². The molecule has 1 aromatic carbocycles. The summed E-state index contributed by atoms with van der Waals surface area (Å²) in [5.41, 5.74) is 3.97. The van der Waals surface area contributed by atoms with Gasteiger partial charge in [-0.1, -0.05) is 0 Å². The Morgan fingerprint density at radius 2 is 1.75 bits per heavy atom. The van der Waals surface area contributed by atoms with Crippen molar-refractivity contribution in [3.63, 3.8) is 0 Å². The van der Waals surface area contributed by atoms with Gasteiger partial charge in [0.05, 0.1) is 5.52 Å². The third kappa shape index (κ3) is 3.04. The number of hydrogen-bond donors (Lipinski definition) is 2. The summed E-state index contributed by atoms with van der Waals surface area (Å²) in [6.07, 6.45) is 3.74. The molecular formula is C18H21ClN4O. The van der Waals surface area contributed by atoms with E-state index in [0.717, 1.165) is 47.0 Å². The largest absolute Gasteiger partial charge is 0.508 e. The highest BCUT2D eigenvalue weighted by atomic mass is 35.5. The van der Waals surface area contributed by atoms with Crippen LogP contribution in [0.1, 0.15) is 25.1 Å². The Labute approximate surface area is 147 Å². The Morgan fingerprint density at radius 1 is 1.04 bits per heavy atom. The summed E-state index contributed by atoms with van der Waals surface area (Å²) in [6.45, 7) is 4.05. The van der Waals surface area contributed by atoms with Crippen LogP contribution in [-0.2, 0) is 0 Å². The average Bonchev–Trinajstić information content (AvgIpc) is 2.99. The highest BCUT2D eigenvalue weighted by Gasteiger charge is 2.18. The third-order valence-corrected chi connectivity index (χ3v) is 4.40. The van der Waals surface area contributed by atoms with Gasteiger partial charge in [-0.05, 0) is 62.1 Å². The van der Waals surface area contributed by atoms with Crippen molar-refractivity contribution < 1.29 is 5.11 Å². The predicted molar refractivity (Wildman–Crippen MR) is 99.0 cm³/mol. The number of aromatic hydroxyl groups is 1. The summed E-state index contributed by atoms with van der Waals surface area (Å²) in [7, 11) is 0. The standard InChI is InChI=1S/C18H20N4O.ClH/c1-12-19-16-11-15(13-5-7-14(23)8-6-13)21-17(16)18(20-12)22-9-3-2-4-10-22;/h5-8,11,21,23H,2-4,9-10H2,1H3;1H. The maximum atomic E-state index is 9.45. The van der Waals surface area contributed by atoms with Gasteiger partial charge in [0.2, 0.25) is 0 Å². The maximum Gasteiger partial charge on any atom is 0.156 e. The number of halogens is 1. The first-order valence-electron chi connectivity index (χ1n) is 8.12. The van der Waals surface area contributed by atoms with Crippen molar-refractivity contribution >= 4 is 29.3 Å². The summed E-state index contributed by atoms with van der Waals surface area (Å²) in [5.74, 6) is 2.08. The van der Waals surface area contributed by atoms with Crippen molar-refractivity contribution in [2.45, 2.75) is 26.2 Å². The first-order chi connectivity index (χ1) is 11.2.